The molecule has 0 saturated carbocycles. The predicted molar refractivity (Wildman–Crippen MR) is 64.9 cm³/mol. The number of carbonyl (C=O) groups is 2. The first-order chi connectivity index (χ1) is 8.51. The fourth-order valence-electron chi connectivity index (χ4n) is 2.73. The van der Waals surface area contributed by atoms with E-state index in [2.05, 4.69) is 4.98 Å². The Morgan fingerprint density at radius 2 is 2.50 bits per heavy atom. The lowest BCUT2D eigenvalue weighted by molar-refractivity contribution is -0.157. The molecule has 0 radical (unpaired) electrons. The van der Waals surface area contributed by atoms with Gasteiger partial charge in [-0.15, -0.1) is 11.8 Å². The van der Waals surface area contributed by atoms with Gasteiger partial charge in [-0.1, -0.05) is 0 Å². The van der Waals surface area contributed by atoms with Crippen molar-refractivity contribution < 1.29 is 14.7 Å². The summed E-state index contributed by atoms with van der Waals surface area (Å²) >= 11 is 1.58. The molecular weight excluding hydrogens is 254 g/mol. The van der Waals surface area contributed by atoms with Crippen LogP contribution in [0.2, 0.25) is 0 Å². The molecule has 1 amide bonds. The van der Waals surface area contributed by atoms with Gasteiger partial charge >= 0.3 is 5.97 Å². The number of carboxylic acids is 1. The second-order valence-corrected chi connectivity index (χ2v) is 6.58. The van der Waals surface area contributed by atoms with Crippen LogP contribution < -0.4 is 0 Å². The van der Waals surface area contributed by atoms with Gasteiger partial charge in [0.1, 0.15) is 6.04 Å². The molecule has 3 heterocycles. The van der Waals surface area contributed by atoms with E-state index in [9.17, 15) is 14.7 Å². The molecular formula is C11H13N3O3S. The lowest BCUT2D eigenvalue weighted by Crippen LogP contribution is -2.57. The summed E-state index contributed by atoms with van der Waals surface area (Å²) in [6.07, 6.45) is 5.59. The van der Waals surface area contributed by atoms with Gasteiger partial charge in [-0.25, -0.2) is 9.78 Å². The zero-order valence-corrected chi connectivity index (χ0v) is 10.6. The number of fused-ring (bicyclic) bond motifs is 1. The van der Waals surface area contributed by atoms with Crippen molar-refractivity contribution in [1.29, 1.82) is 0 Å². The first kappa shape index (κ1) is 11.6. The van der Waals surface area contributed by atoms with Crippen LogP contribution >= 0.6 is 11.8 Å². The molecule has 0 bridgehead atoms. The molecule has 0 aromatic carbocycles. The van der Waals surface area contributed by atoms with Crippen LogP contribution in [0.5, 0.6) is 0 Å². The number of carboxylic acid groups (broad SMARTS) is 1. The second-order valence-electron chi connectivity index (χ2n) is 4.87. The number of β-lactam (4-membered cyclic amide) rings is 1. The Kier molecular flexibility index (Phi) is 2.41. The predicted octanol–water partition coefficient (Wildman–Crippen LogP) is 0.400. The summed E-state index contributed by atoms with van der Waals surface area (Å²) in [5.41, 5.74) is 0. The summed E-state index contributed by atoms with van der Waals surface area (Å²) in [5.74, 6) is -0.991. The molecule has 2 aliphatic heterocycles. The van der Waals surface area contributed by atoms with Crippen LogP contribution in [-0.2, 0) is 16.1 Å². The molecule has 2 fully saturated rings. The monoisotopic (exact) mass is 267 g/mol. The van der Waals surface area contributed by atoms with E-state index in [1.54, 1.807) is 24.3 Å². The van der Waals surface area contributed by atoms with E-state index in [1.807, 2.05) is 17.7 Å². The third-order valence-corrected chi connectivity index (χ3v) is 5.06. The van der Waals surface area contributed by atoms with Crippen LogP contribution in [-0.4, -0.2) is 47.6 Å². The van der Waals surface area contributed by atoms with Gasteiger partial charge in [-0.2, -0.15) is 0 Å². The number of nitrogens with zero attached hydrogens (tertiary/aromatic N) is 3. The maximum Gasteiger partial charge on any atom is 0.327 e. The third-order valence-electron chi connectivity index (χ3n) is 3.50. The molecule has 18 heavy (non-hydrogen) atoms. The Balaban J connectivity index is 1.90. The average Bonchev–Trinajstić information content (AvgIpc) is 2.83. The highest BCUT2D eigenvalue weighted by molar-refractivity contribution is 8.01. The van der Waals surface area contributed by atoms with E-state index in [0.717, 1.165) is 0 Å². The number of hydrogen-bond acceptors (Lipinski definition) is 4. The number of aliphatic carboxylic acids is 1. The number of carbonyl (C=O) groups excluding carboxylic acids is 1. The van der Waals surface area contributed by atoms with Gasteiger partial charge in [-0.05, 0) is 6.92 Å². The quantitative estimate of drug-likeness (QED) is 0.802. The van der Waals surface area contributed by atoms with Crippen molar-refractivity contribution in [2.24, 2.45) is 0 Å². The highest BCUT2D eigenvalue weighted by Crippen LogP contribution is 2.51. The van der Waals surface area contributed by atoms with E-state index in [1.165, 1.54) is 4.90 Å². The Morgan fingerprint density at radius 3 is 3.06 bits per heavy atom. The Bertz CT molecular complexity index is 504. The summed E-state index contributed by atoms with van der Waals surface area (Å²) in [6, 6.07) is -0.754. The smallest absolute Gasteiger partial charge is 0.327 e. The zero-order valence-electron chi connectivity index (χ0n) is 9.81. The molecule has 96 valence electrons. The molecule has 2 saturated heterocycles. The van der Waals surface area contributed by atoms with Gasteiger partial charge in [0, 0.05) is 18.9 Å². The molecule has 1 aromatic rings. The molecule has 2 aliphatic rings. The van der Waals surface area contributed by atoms with Crippen molar-refractivity contribution in [3.05, 3.63) is 18.7 Å². The van der Waals surface area contributed by atoms with Crippen LogP contribution in [0.25, 0.3) is 0 Å². The third kappa shape index (κ3) is 1.53. The highest BCUT2D eigenvalue weighted by atomic mass is 32.2. The number of amides is 1. The van der Waals surface area contributed by atoms with Crippen molar-refractivity contribution in [3.8, 4) is 0 Å². The maximum atomic E-state index is 11.5. The second kappa shape index (κ2) is 3.74. The summed E-state index contributed by atoms with van der Waals surface area (Å²) in [5, 5.41) is 9.41. The molecule has 6 nitrogen and oxygen atoms in total. The van der Waals surface area contributed by atoms with Gasteiger partial charge < -0.3 is 14.6 Å². The first-order valence-corrected chi connectivity index (χ1v) is 6.57. The van der Waals surface area contributed by atoms with Gasteiger partial charge in [0.05, 0.1) is 22.9 Å². The summed E-state index contributed by atoms with van der Waals surface area (Å²) in [6.45, 7) is 2.44. The molecule has 0 aliphatic carbocycles. The van der Waals surface area contributed by atoms with E-state index in [-0.39, 0.29) is 11.3 Å². The number of aromatic nitrogens is 2. The Morgan fingerprint density at radius 1 is 1.72 bits per heavy atom. The van der Waals surface area contributed by atoms with E-state index < -0.39 is 16.8 Å². The number of hydrogen-bond donors (Lipinski definition) is 1. The molecule has 0 spiro atoms. The van der Waals surface area contributed by atoms with Crippen molar-refractivity contribution in [2.45, 2.75) is 36.1 Å². The molecule has 3 rings (SSSR count). The van der Waals surface area contributed by atoms with Crippen molar-refractivity contribution in [3.63, 3.8) is 0 Å². The first-order valence-electron chi connectivity index (χ1n) is 5.69. The lowest BCUT2D eigenvalue weighted by Gasteiger charge is -2.37. The molecule has 7 heteroatoms. The minimum atomic E-state index is -0.930. The fourth-order valence-corrected chi connectivity index (χ4v) is 4.49. The maximum absolute atomic E-state index is 11.5. The molecule has 3 unspecified atom stereocenters. The number of thioether (sulfide) groups is 1. The van der Waals surface area contributed by atoms with Crippen LogP contribution in [0, 0.1) is 0 Å². The van der Waals surface area contributed by atoms with E-state index in [0.29, 0.717) is 13.0 Å². The standard InChI is InChI=1S/C11H13N3O3S/c1-11(5-13-3-2-12-6-13)9(10(16)17)14-7(15)4-8(14)18-11/h2-3,6,8-9H,4-5H2,1H3,(H,16,17). The average molecular weight is 267 g/mol. The molecule has 1 N–H and O–H groups in total. The highest BCUT2D eigenvalue weighted by Gasteiger charge is 2.60. The van der Waals surface area contributed by atoms with Crippen LogP contribution in [0.15, 0.2) is 18.7 Å². The summed E-state index contributed by atoms with van der Waals surface area (Å²) < 4.78 is 1.35. The SMILES string of the molecule is CC1(Cn2ccnc2)SC2CC(=O)N2C1C(=O)O. The summed E-state index contributed by atoms with van der Waals surface area (Å²) in [4.78, 5) is 28.5. The van der Waals surface area contributed by atoms with Gasteiger partial charge in [0.15, 0.2) is 0 Å². The zero-order chi connectivity index (χ0) is 12.9. The topological polar surface area (TPSA) is 75.4 Å². The van der Waals surface area contributed by atoms with E-state index in [4.69, 9.17) is 0 Å². The van der Waals surface area contributed by atoms with E-state index >= 15 is 0 Å². The normalized spacial score (nSPS) is 34.3. The Hall–Kier alpha value is -1.50. The lowest BCUT2D eigenvalue weighted by atomic mass is 9.96. The number of imidazole rings is 1. The van der Waals surface area contributed by atoms with Gasteiger partial charge in [0.2, 0.25) is 5.91 Å². The van der Waals surface area contributed by atoms with Crippen LogP contribution in [0.1, 0.15) is 13.3 Å². The number of rotatable bonds is 3. The minimum absolute atomic E-state index is 0.0205. The van der Waals surface area contributed by atoms with Gasteiger partial charge in [0.25, 0.3) is 0 Å². The fraction of sp³-hybridized carbons (Fsp3) is 0.545. The van der Waals surface area contributed by atoms with Crippen molar-refractivity contribution in [2.75, 3.05) is 0 Å². The summed E-state index contributed by atoms with van der Waals surface area (Å²) in [7, 11) is 0. The van der Waals surface area contributed by atoms with Crippen molar-refractivity contribution in [1.82, 2.24) is 14.5 Å². The van der Waals surface area contributed by atoms with Gasteiger partial charge in [-0.3, -0.25) is 4.79 Å². The van der Waals surface area contributed by atoms with Crippen LogP contribution in [0.4, 0.5) is 0 Å². The van der Waals surface area contributed by atoms with Crippen molar-refractivity contribution >= 4 is 23.6 Å². The largest absolute Gasteiger partial charge is 0.480 e. The molecule has 1 aromatic heterocycles. The van der Waals surface area contributed by atoms with Crippen LogP contribution in [0.3, 0.4) is 0 Å². The molecule has 3 atom stereocenters. The Labute approximate surface area is 108 Å². The minimum Gasteiger partial charge on any atom is -0.480 e.